The zero-order chi connectivity index (χ0) is 19.1. The van der Waals surface area contributed by atoms with E-state index >= 15 is 0 Å². The van der Waals surface area contributed by atoms with Gasteiger partial charge in [-0.15, -0.1) is 0 Å². The van der Waals surface area contributed by atoms with E-state index in [9.17, 15) is 0 Å². The molecule has 1 aromatic heterocycles. The number of fused-ring (bicyclic) bond motifs is 1. The van der Waals surface area contributed by atoms with Crippen LogP contribution in [0.4, 0.5) is 0 Å². The maximum Gasteiger partial charge on any atom is 0.124 e. The van der Waals surface area contributed by atoms with Crippen molar-refractivity contribution in [2.24, 2.45) is 0 Å². The molecule has 4 heteroatoms. The second-order valence-corrected chi connectivity index (χ2v) is 6.26. The molecule has 0 bridgehead atoms. The fourth-order valence-electron chi connectivity index (χ4n) is 3.12. The number of hydrogen-bond donors (Lipinski definition) is 0. The number of para-hydroxylation sites is 2. The molecule has 0 N–H and O–H groups in total. The molecule has 0 unspecified atom stereocenters. The Morgan fingerprint density at radius 2 is 1.78 bits per heavy atom. The highest BCUT2D eigenvalue weighted by molar-refractivity contribution is 6.30. The van der Waals surface area contributed by atoms with Crippen molar-refractivity contribution in [2.45, 2.75) is 25.9 Å². The van der Waals surface area contributed by atoms with E-state index in [2.05, 4.69) is 4.90 Å². The van der Waals surface area contributed by atoms with E-state index in [0.717, 1.165) is 29.9 Å². The zero-order valence-corrected chi connectivity index (χ0v) is 13.5. The molecule has 1 fully saturated rings. The molecule has 4 rings (SSSR count). The summed E-state index contributed by atoms with van der Waals surface area (Å²) in [6.45, 7) is 3.04. The first-order valence-electron chi connectivity index (χ1n) is 9.88. The van der Waals surface area contributed by atoms with Gasteiger partial charge >= 0.3 is 0 Å². The van der Waals surface area contributed by atoms with Crippen LogP contribution in [0.5, 0.6) is 0 Å². The quantitative estimate of drug-likeness (QED) is 0.710. The molecule has 2 aromatic carbocycles. The van der Waals surface area contributed by atoms with Crippen LogP contribution in [-0.2, 0) is 13.1 Å². The standard InChI is InChI=1S/C19H20ClN3/c20-16-9-7-15(8-10-16)13-23-18-6-2-1-5-17(18)21-19(23)14-22-11-3-4-12-22/h1-2,5-10H,3-4,11-14H2/i7D,8D,9D,10D. The molecule has 2 heterocycles. The number of benzene rings is 2. The predicted molar refractivity (Wildman–Crippen MR) is 94.8 cm³/mol. The Hall–Kier alpha value is -1.84. The summed E-state index contributed by atoms with van der Waals surface area (Å²) in [5, 5.41) is -0.137. The topological polar surface area (TPSA) is 21.1 Å². The Morgan fingerprint density at radius 3 is 2.57 bits per heavy atom. The normalized spacial score (nSPS) is 18.0. The van der Waals surface area contributed by atoms with E-state index in [1.807, 2.05) is 28.8 Å². The summed E-state index contributed by atoms with van der Waals surface area (Å²) in [7, 11) is 0. The van der Waals surface area contributed by atoms with Gasteiger partial charge in [0.15, 0.2) is 0 Å². The number of nitrogens with zero attached hydrogens (tertiary/aromatic N) is 3. The molecule has 23 heavy (non-hydrogen) atoms. The van der Waals surface area contributed by atoms with E-state index in [0.29, 0.717) is 12.1 Å². The molecular weight excluding hydrogens is 306 g/mol. The van der Waals surface area contributed by atoms with Crippen LogP contribution in [0.2, 0.25) is 5.02 Å². The summed E-state index contributed by atoms with van der Waals surface area (Å²) in [6, 6.07) is 7.24. The SMILES string of the molecule is [2H]c1c([2H])c(Cn2c(CN3CCCC3)nc3ccccc32)c([2H])c([2H])c1Cl. The number of rotatable bonds is 4. The molecule has 0 aliphatic carbocycles. The molecule has 0 amide bonds. The van der Waals surface area contributed by atoms with Crippen molar-refractivity contribution in [3.05, 3.63) is 64.8 Å². The van der Waals surface area contributed by atoms with E-state index < -0.39 is 0 Å². The molecule has 1 saturated heterocycles. The van der Waals surface area contributed by atoms with Gasteiger partial charge < -0.3 is 4.57 Å². The number of halogens is 1. The Morgan fingerprint density at radius 1 is 1.04 bits per heavy atom. The van der Waals surface area contributed by atoms with E-state index in [1.165, 1.54) is 12.8 Å². The molecule has 0 radical (unpaired) electrons. The van der Waals surface area contributed by atoms with Gasteiger partial charge in [-0.2, -0.15) is 0 Å². The van der Waals surface area contributed by atoms with Crippen molar-refractivity contribution in [3.63, 3.8) is 0 Å². The first-order valence-corrected chi connectivity index (χ1v) is 8.26. The zero-order valence-electron chi connectivity index (χ0n) is 16.8. The van der Waals surface area contributed by atoms with Crippen molar-refractivity contribution in [1.82, 2.24) is 14.5 Å². The molecule has 0 spiro atoms. The van der Waals surface area contributed by atoms with Crippen molar-refractivity contribution in [1.29, 1.82) is 0 Å². The fraction of sp³-hybridized carbons (Fsp3) is 0.316. The maximum atomic E-state index is 8.26. The Labute approximate surface area is 147 Å². The molecule has 3 nitrogen and oxygen atoms in total. The van der Waals surface area contributed by atoms with E-state index in [4.69, 9.17) is 22.1 Å². The molecule has 3 aromatic rings. The molecule has 118 valence electrons. The van der Waals surface area contributed by atoms with Gasteiger partial charge in [-0.25, -0.2) is 4.98 Å². The molecule has 0 saturated carbocycles. The fourth-order valence-corrected chi connectivity index (χ4v) is 3.22. The number of imidazole rings is 1. The molecule has 0 atom stereocenters. The van der Waals surface area contributed by atoms with Gasteiger partial charge in [-0.1, -0.05) is 35.8 Å². The number of aromatic nitrogens is 2. The summed E-state index contributed by atoms with van der Waals surface area (Å²) in [5.74, 6) is 0.880. The lowest BCUT2D eigenvalue weighted by molar-refractivity contribution is 0.318. The highest BCUT2D eigenvalue weighted by Gasteiger charge is 2.17. The van der Waals surface area contributed by atoms with Gasteiger partial charge in [0.2, 0.25) is 0 Å². The lowest BCUT2D eigenvalue weighted by atomic mass is 10.2. The highest BCUT2D eigenvalue weighted by atomic mass is 35.5. The van der Waals surface area contributed by atoms with Crippen molar-refractivity contribution in [2.75, 3.05) is 13.1 Å². The van der Waals surface area contributed by atoms with Gasteiger partial charge in [-0.3, -0.25) is 4.90 Å². The predicted octanol–water partition coefficient (Wildman–Crippen LogP) is 4.33. The van der Waals surface area contributed by atoms with Gasteiger partial charge in [-0.05, 0) is 55.7 Å². The third kappa shape index (κ3) is 3.12. The van der Waals surface area contributed by atoms with Crippen LogP contribution in [0, 0.1) is 0 Å². The molecule has 1 aliphatic heterocycles. The van der Waals surface area contributed by atoms with Gasteiger partial charge in [0.05, 0.1) is 23.1 Å². The van der Waals surface area contributed by atoms with Crippen LogP contribution in [-0.4, -0.2) is 27.5 Å². The summed E-state index contributed by atoms with van der Waals surface area (Å²) in [5.41, 5.74) is 2.13. The minimum absolute atomic E-state index is 0.0918. The summed E-state index contributed by atoms with van der Waals surface area (Å²) in [4.78, 5) is 7.13. The largest absolute Gasteiger partial charge is 0.322 e. The lowest BCUT2D eigenvalue weighted by Crippen LogP contribution is -2.21. The van der Waals surface area contributed by atoms with Crippen LogP contribution >= 0.6 is 11.6 Å². The van der Waals surface area contributed by atoms with Crippen LogP contribution < -0.4 is 0 Å². The van der Waals surface area contributed by atoms with Gasteiger partial charge in [0, 0.05) is 11.6 Å². The third-order valence-corrected chi connectivity index (χ3v) is 4.45. The second-order valence-electron chi connectivity index (χ2n) is 5.88. The van der Waals surface area contributed by atoms with Crippen molar-refractivity contribution < 1.29 is 5.48 Å². The highest BCUT2D eigenvalue weighted by Crippen LogP contribution is 2.21. The molecule has 1 aliphatic rings. The summed E-state index contributed by atoms with van der Waals surface area (Å²) in [6.07, 6.45) is 2.38. The van der Waals surface area contributed by atoms with E-state index in [1.54, 1.807) is 0 Å². The Kier molecular flexibility index (Phi) is 2.99. The first kappa shape index (κ1) is 10.8. The monoisotopic (exact) mass is 329 g/mol. The third-order valence-electron chi connectivity index (χ3n) is 4.26. The van der Waals surface area contributed by atoms with E-state index in [-0.39, 0.29) is 35.7 Å². The summed E-state index contributed by atoms with van der Waals surface area (Å²) >= 11 is 5.94. The minimum Gasteiger partial charge on any atom is -0.322 e. The Balaban J connectivity index is 1.82. The van der Waals surface area contributed by atoms with Gasteiger partial charge in [0.25, 0.3) is 0 Å². The minimum atomic E-state index is -0.196. The van der Waals surface area contributed by atoms with Crippen LogP contribution in [0.25, 0.3) is 11.0 Å². The Bertz CT molecular complexity index is 983. The van der Waals surface area contributed by atoms with Gasteiger partial charge in [0.1, 0.15) is 5.82 Å². The maximum absolute atomic E-state index is 8.26. The van der Waals surface area contributed by atoms with Crippen molar-refractivity contribution in [3.8, 4) is 0 Å². The smallest absolute Gasteiger partial charge is 0.124 e. The van der Waals surface area contributed by atoms with Crippen LogP contribution in [0.3, 0.4) is 0 Å². The molecular formula is C19H20ClN3. The lowest BCUT2D eigenvalue weighted by Gasteiger charge is -2.16. The average molecular weight is 330 g/mol. The summed E-state index contributed by atoms with van der Waals surface area (Å²) < 4.78 is 34.5. The average Bonchev–Trinajstić information content (AvgIpc) is 3.30. The van der Waals surface area contributed by atoms with Crippen LogP contribution in [0.15, 0.2) is 48.4 Å². The van der Waals surface area contributed by atoms with Crippen LogP contribution in [0.1, 0.15) is 29.7 Å². The van der Waals surface area contributed by atoms with Crippen molar-refractivity contribution >= 4 is 22.6 Å². The second kappa shape index (κ2) is 6.34. The first-order chi connectivity index (χ1) is 13.0. The number of hydrogen-bond acceptors (Lipinski definition) is 2. The number of likely N-dealkylation sites (tertiary alicyclic amines) is 1.